The highest BCUT2D eigenvalue weighted by atomic mass is 35.5. The molecule has 0 saturated heterocycles. The molecule has 0 aliphatic carbocycles. The monoisotopic (exact) mass is 262 g/mol. The van der Waals surface area contributed by atoms with Gasteiger partial charge in [-0.05, 0) is 44.0 Å². The van der Waals surface area contributed by atoms with Gasteiger partial charge >= 0.3 is 6.01 Å². The fourth-order valence-electron chi connectivity index (χ4n) is 1.65. The summed E-state index contributed by atoms with van der Waals surface area (Å²) in [5.41, 5.74) is 3.89. The fourth-order valence-corrected chi connectivity index (χ4v) is 1.79. The van der Waals surface area contributed by atoms with E-state index in [0.29, 0.717) is 11.9 Å². The highest BCUT2D eigenvalue weighted by molar-refractivity contribution is 6.16. The maximum Gasteiger partial charge on any atom is 0.322 e. The normalized spacial score (nSPS) is 10.4. The number of aryl methyl sites for hydroxylation is 2. The van der Waals surface area contributed by atoms with Gasteiger partial charge in [-0.15, -0.1) is 11.6 Å². The van der Waals surface area contributed by atoms with E-state index in [9.17, 15) is 0 Å². The summed E-state index contributed by atoms with van der Waals surface area (Å²) in [6, 6.07) is 8.11. The molecule has 0 aliphatic heterocycles. The van der Waals surface area contributed by atoms with Crippen LogP contribution in [0.15, 0.2) is 24.3 Å². The van der Waals surface area contributed by atoms with Crippen LogP contribution in [-0.4, -0.2) is 9.97 Å². The molecular formula is C14H15ClN2O. The Hall–Kier alpha value is -1.61. The first-order valence-electron chi connectivity index (χ1n) is 5.74. The van der Waals surface area contributed by atoms with Gasteiger partial charge in [0.15, 0.2) is 0 Å². The largest absolute Gasteiger partial charge is 0.424 e. The lowest BCUT2D eigenvalue weighted by Crippen LogP contribution is -1.98. The molecule has 2 aromatic rings. The van der Waals surface area contributed by atoms with Crippen molar-refractivity contribution < 1.29 is 4.74 Å². The molecule has 0 atom stereocenters. The first kappa shape index (κ1) is 12.8. The van der Waals surface area contributed by atoms with Crippen molar-refractivity contribution in [3.63, 3.8) is 0 Å². The van der Waals surface area contributed by atoms with Crippen molar-refractivity contribution >= 4 is 11.6 Å². The number of rotatable bonds is 3. The van der Waals surface area contributed by atoms with Gasteiger partial charge in [-0.2, -0.15) is 4.98 Å². The van der Waals surface area contributed by atoms with Gasteiger partial charge in [0, 0.05) is 5.69 Å². The molecule has 1 aromatic carbocycles. The average molecular weight is 263 g/mol. The van der Waals surface area contributed by atoms with Crippen molar-refractivity contribution in [2.45, 2.75) is 26.7 Å². The number of benzene rings is 1. The highest BCUT2D eigenvalue weighted by Crippen LogP contribution is 2.25. The molecule has 3 nitrogen and oxygen atoms in total. The standard InChI is InChI=1S/C14H15ClN2O/c1-9-5-4-6-13(11(9)3)18-14-16-10(2)7-12(8-15)17-14/h4-7H,8H2,1-3H3. The van der Waals surface area contributed by atoms with Crippen molar-refractivity contribution in [3.8, 4) is 11.8 Å². The molecule has 0 saturated carbocycles. The molecule has 0 N–H and O–H groups in total. The number of aromatic nitrogens is 2. The Balaban J connectivity index is 2.34. The second-order valence-electron chi connectivity index (χ2n) is 4.22. The number of nitrogens with zero attached hydrogens (tertiary/aromatic N) is 2. The van der Waals surface area contributed by atoms with Crippen molar-refractivity contribution in [2.24, 2.45) is 0 Å². The van der Waals surface area contributed by atoms with Crippen LogP contribution in [-0.2, 0) is 5.88 Å². The average Bonchev–Trinajstić information content (AvgIpc) is 2.34. The summed E-state index contributed by atoms with van der Waals surface area (Å²) in [6.07, 6.45) is 0. The third-order valence-corrected chi connectivity index (χ3v) is 3.05. The summed E-state index contributed by atoms with van der Waals surface area (Å²) in [7, 11) is 0. The molecule has 0 unspecified atom stereocenters. The van der Waals surface area contributed by atoms with Gasteiger partial charge in [0.25, 0.3) is 0 Å². The quantitative estimate of drug-likeness (QED) is 0.786. The number of hydrogen-bond donors (Lipinski definition) is 0. The topological polar surface area (TPSA) is 35.0 Å². The van der Waals surface area contributed by atoms with E-state index >= 15 is 0 Å². The maximum atomic E-state index is 5.78. The molecule has 94 valence electrons. The third-order valence-electron chi connectivity index (χ3n) is 2.78. The van der Waals surface area contributed by atoms with E-state index in [0.717, 1.165) is 22.7 Å². The Morgan fingerprint density at radius 1 is 1.17 bits per heavy atom. The van der Waals surface area contributed by atoms with Crippen molar-refractivity contribution in [1.82, 2.24) is 9.97 Å². The van der Waals surface area contributed by atoms with Gasteiger partial charge in [0.2, 0.25) is 0 Å². The van der Waals surface area contributed by atoms with Gasteiger partial charge in [-0.1, -0.05) is 12.1 Å². The van der Waals surface area contributed by atoms with Gasteiger partial charge in [-0.25, -0.2) is 4.98 Å². The summed E-state index contributed by atoms with van der Waals surface area (Å²) in [5, 5.41) is 0. The van der Waals surface area contributed by atoms with Crippen LogP contribution in [0.4, 0.5) is 0 Å². The van der Waals surface area contributed by atoms with Crippen LogP contribution in [0.5, 0.6) is 11.8 Å². The predicted octanol–water partition coefficient (Wildman–Crippen LogP) is 3.93. The maximum absolute atomic E-state index is 5.78. The molecule has 1 aromatic heterocycles. The number of ether oxygens (including phenoxy) is 1. The van der Waals surface area contributed by atoms with Crippen molar-refractivity contribution in [2.75, 3.05) is 0 Å². The second-order valence-corrected chi connectivity index (χ2v) is 4.48. The molecular weight excluding hydrogens is 248 g/mol. The summed E-state index contributed by atoms with van der Waals surface area (Å²) in [6.45, 7) is 5.96. The zero-order chi connectivity index (χ0) is 13.1. The summed E-state index contributed by atoms with van der Waals surface area (Å²) >= 11 is 5.78. The van der Waals surface area contributed by atoms with Crippen molar-refractivity contribution in [3.05, 3.63) is 46.8 Å². The molecule has 1 heterocycles. The summed E-state index contributed by atoms with van der Waals surface area (Å²) < 4.78 is 5.73. The third kappa shape index (κ3) is 2.79. The summed E-state index contributed by atoms with van der Waals surface area (Å²) in [5.74, 6) is 1.13. The van der Waals surface area contributed by atoms with Crippen LogP contribution in [0.25, 0.3) is 0 Å². The first-order chi connectivity index (χ1) is 8.60. The number of hydrogen-bond acceptors (Lipinski definition) is 3. The molecule has 0 radical (unpaired) electrons. The van der Waals surface area contributed by atoms with E-state index in [2.05, 4.69) is 9.97 Å². The highest BCUT2D eigenvalue weighted by Gasteiger charge is 2.07. The van der Waals surface area contributed by atoms with E-state index < -0.39 is 0 Å². The molecule has 0 aliphatic rings. The minimum atomic E-state index is 0.347. The van der Waals surface area contributed by atoms with Gasteiger partial charge in [0.05, 0.1) is 11.6 Å². The van der Waals surface area contributed by atoms with Crippen LogP contribution < -0.4 is 4.74 Å². The Morgan fingerprint density at radius 3 is 2.67 bits per heavy atom. The fraction of sp³-hybridized carbons (Fsp3) is 0.286. The lowest BCUT2D eigenvalue weighted by Gasteiger charge is -2.10. The molecule has 0 spiro atoms. The van der Waals surface area contributed by atoms with E-state index in [1.54, 1.807) is 0 Å². The van der Waals surface area contributed by atoms with E-state index in [4.69, 9.17) is 16.3 Å². The lowest BCUT2D eigenvalue weighted by molar-refractivity contribution is 0.435. The minimum absolute atomic E-state index is 0.347. The molecule has 18 heavy (non-hydrogen) atoms. The van der Waals surface area contributed by atoms with Crippen LogP contribution >= 0.6 is 11.6 Å². The zero-order valence-corrected chi connectivity index (χ0v) is 11.5. The Bertz CT molecular complexity index is 570. The lowest BCUT2D eigenvalue weighted by atomic mass is 10.1. The van der Waals surface area contributed by atoms with Crippen LogP contribution in [0.1, 0.15) is 22.5 Å². The van der Waals surface area contributed by atoms with Gasteiger partial charge in [-0.3, -0.25) is 0 Å². The smallest absolute Gasteiger partial charge is 0.322 e. The van der Waals surface area contributed by atoms with Gasteiger partial charge < -0.3 is 4.74 Å². The molecule has 0 fully saturated rings. The number of halogens is 1. The van der Waals surface area contributed by atoms with E-state index in [1.807, 2.05) is 45.0 Å². The summed E-state index contributed by atoms with van der Waals surface area (Å²) in [4.78, 5) is 8.51. The van der Waals surface area contributed by atoms with Crippen molar-refractivity contribution in [1.29, 1.82) is 0 Å². The minimum Gasteiger partial charge on any atom is -0.424 e. The Labute approximate surface area is 112 Å². The zero-order valence-electron chi connectivity index (χ0n) is 10.7. The molecule has 0 amide bonds. The van der Waals surface area contributed by atoms with Gasteiger partial charge in [0.1, 0.15) is 5.75 Å². The molecule has 2 rings (SSSR count). The Morgan fingerprint density at radius 2 is 1.94 bits per heavy atom. The Kier molecular flexibility index (Phi) is 3.82. The molecule has 0 bridgehead atoms. The van der Waals surface area contributed by atoms with E-state index in [-0.39, 0.29) is 0 Å². The van der Waals surface area contributed by atoms with E-state index in [1.165, 1.54) is 5.56 Å². The van der Waals surface area contributed by atoms with Crippen LogP contribution in [0.3, 0.4) is 0 Å². The first-order valence-corrected chi connectivity index (χ1v) is 6.28. The van der Waals surface area contributed by atoms with Crippen LogP contribution in [0.2, 0.25) is 0 Å². The number of alkyl halides is 1. The predicted molar refractivity (Wildman–Crippen MR) is 72.3 cm³/mol. The second kappa shape index (κ2) is 5.36. The molecule has 4 heteroatoms. The SMILES string of the molecule is Cc1cc(CCl)nc(Oc2cccc(C)c2C)n1. The van der Waals surface area contributed by atoms with Crippen LogP contribution in [0, 0.1) is 20.8 Å².